The van der Waals surface area contributed by atoms with Crippen LogP contribution in [0.2, 0.25) is 5.02 Å². The van der Waals surface area contributed by atoms with Crippen LogP contribution in [0.5, 0.6) is 0 Å². The minimum absolute atomic E-state index is 0.0162. The van der Waals surface area contributed by atoms with E-state index in [1.165, 1.54) is 24.3 Å². The molecule has 1 amide bonds. The number of hydrogen-bond acceptors (Lipinski definition) is 4. The summed E-state index contributed by atoms with van der Waals surface area (Å²) in [6.45, 7) is 4.60. The molecule has 4 rings (SSSR count). The van der Waals surface area contributed by atoms with Crippen molar-refractivity contribution < 1.29 is 18.7 Å². The first-order valence-corrected chi connectivity index (χ1v) is 10.7. The number of aromatic nitrogens is 2. The first kappa shape index (κ1) is 22.2. The summed E-state index contributed by atoms with van der Waals surface area (Å²) in [6, 6.07) is 10.3. The predicted molar refractivity (Wildman–Crippen MR) is 119 cm³/mol. The molecule has 0 saturated heterocycles. The van der Waals surface area contributed by atoms with E-state index >= 15 is 0 Å². The topological polar surface area (TPSA) is 70.4 Å². The average molecular weight is 461 g/mol. The highest BCUT2D eigenvalue weighted by molar-refractivity contribution is 6.30. The number of halogens is 3. The maximum atomic E-state index is 14.0. The molecule has 0 aliphatic carbocycles. The van der Waals surface area contributed by atoms with Gasteiger partial charge in [-0.3, -0.25) is 4.79 Å². The van der Waals surface area contributed by atoms with Crippen molar-refractivity contribution in [3.05, 3.63) is 64.9 Å². The quantitative estimate of drug-likeness (QED) is 0.584. The van der Waals surface area contributed by atoms with Gasteiger partial charge in [-0.25, -0.2) is 13.8 Å². The number of fused-ring (bicyclic) bond motifs is 1. The van der Waals surface area contributed by atoms with Crippen LogP contribution in [-0.2, 0) is 17.9 Å². The third-order valence-electron chi connectivity index (χ3n) is 5.47. The molecule has 0 spiro atoms. The highest BCUT2D eigenvalue weighted by Crippen LogP contribution is 2.34. The lowest BCUT2D eigenvalue weighted by molar-refractivity contribution is -0.144. The number of anilines is 2. The van der Waals surface area contributed by atoms with Gasteiger partial charge in [0.2, 0.25) is 0 Å². The standard InChI is InChI=1S/C23H23ClF2N4O2/c1-13(2)21(31)23(32)29-9-10-30-19(12-29)28-20(14-3-5-15(25)6-4-14)22(30)27-16-7-8-17(24)18(26)11-16/h3-8,11,13,21,27,31H,9-10,12H2,1-2H3/t21-/m1/s1. The van der Waals surface area contributed by atoms with E-state index in [1.54, 1.807) is 36.9 Å². The number of rotatable bonds is 5. The van der Waals surface area contributed by atoms with Crippen molar-refractivity contribution in [2.75, 3.05) is 11.9 Å². The molecule has 0 unspecified atom stereocenters. The summed E-state index contributed by atoms with van der Waals surface area (Å²) in [7, 11) is 0. The van der Waals surface area contributed by atoms with Gasteiger partial charge >= 0.3 is 0 Å². The maximum Gasteiger partial charge on any atom is 0.252 e. The number of amides is 1. The minimum atomic E-state index is -1.08. The van der Waals surface area contributed by atoms with Crippen molar-refractivity contribution in [2.24, 2.45) is 5.92 Å². The van der Waals surface area contributed by atoms with Crippen LogP contribution in [0, 0.1) is 17.6 Å². The summed E-state index contributed by atoms with van der Waals surface area (Å²) in [5.41, 5.74) is 1.70. The smallest absolute Gasteiger partial charge is 0.252 e. The number of nitrogens with zero attached hydrogens (tertiary/aromatic N) is 3. The molecule has 6 nitrogen and oxygen atoms in total. The minimum Gasteiger partial charge on any atom is -0.383 e. The molecule has 32 heavy (non-hydrogen) atoms. The number of nitrogens with one attached hydrogen (secondary N) is 1. The van der Waals surface area contributed by atoms with Crippen molar-refractivity contribution >= 4 is 29.0 Å². The van der Waals surface area contributed by atoms with Gasteiger partial charge in [0.1, 0.15) is 35.1 Å². The van der Waals surface area contributed by atoms with Gasteiger partial charge in [-0.15, -0.1) is 0 Å². The number of carbonyl (C=O) groups excluding carboxylic acids is 1. The molecule has 1 aliphatic rings. The monoisotopic (exact) mass is 460 g/mol. The van der Waals surface area contributed by atoms with Gasteiger partial charge in [-0.05, 0) is 48.4 Å². The van der Waals surface area contributed by atoms with Crippen LogP contribution in [0.4, 0.5) is 20.3 Å². The molecule has 0 saturated carbocycles. The van der Waals surface area contributed by atoms with Crippen LogP contribution < -0.4 is 5.32 Å². The van der Waals surface area contributed by atoms with E-state index in [0.29, 0.717) is 41.7 Å². The highest BCUT2D eigenvalue weighted by Gasteiger charge is 2.31. The van der Waals surface area contributed by atoms with E-state index in [4.69, 9.17) is 16.6 Å². The Labute approximate surface area is 189 Å². The Balaban J connectivity index is 1.72. The molecule has 2 aromatic carbocycles. The zero-order valence-electron chi connectivity index (χ0n) is 17.6. The number of carbonyl (C=O) groups is 1. The third kappa shape index (κ3) is 4.33. The summed E-state index contributed by atoms with van der Waals surface area (Å²) in [6.07, 6.45) is -1.08. The van der Waals surface area contributed by atoms with E-state index in [1.807, 2.05) is 4.57 Å². The predicted octanol–water partition coefficient (Wildman–Crippen LogP) is 4.58. The summed E-state index contributed by atoms with van der Waals surface area (Å²) in [4.78, 5) is 18.9. The Hall–Kier alpha value is -2.97. The summed E-state index contributed by atoms with van der Waals surface area (Å²) < 4.78 is 29.4. The normalized spacial score (nSPS) is 14.4. The van der Waals surface area contributed by atoms with Crippen LogP contribution in [-0.4, -0.2) is 38.1 Å². The Bertz CT molecular complexity index is 1150. The van der Waals surface area contributed by atoms with Gasteiger partial charge in [-0.1, -0.05) is 25.4 Å². The van der Waals surface area contributed by atoms with Crippen LogP contribution in [0.15, 0.2) is 42.5 Å². The molecule has 168 valence electrons. The van der Waals surface area contributed by atoms with E-state index in [-0.39, 0.29) is 29.2 Å². The number of aliphatic hydroxyl groups excluding tert-OH is 1. The molecule has 9 heteroatoms. The first-order chi connectivity index (χ1) is 15.2. The Morgan fingerprint density at radius 1 is 1.16 bits per heavy atom. The van der Waals surface area contributed by atoms with E-state index in [9.17, 15) is 18.7 Å². The van der Waals surface area contributed by atoms with Gasteiger partial charge in [0.05, 0.1) is 11.6 Å². The van der Waals surface area contributed by atoms with Crippen LogP contribution in [0.3, 0.4) is 0 Å². The summed E-state index contributed by atoms with van der Waals surface area (Å²) in [5, 5.41) is 13.4. The third-order valence-corrected chi connectivity index (χ3v) is 5.78. The molecule has 1 aliphatic heterocycles. The Morgan fingerprint density at radius 2 is 1.88 bits per heavy atom. The molecule has 1 aromatic heterocycles. The number of hydrogen-bond donors (Lipinski definition) is 2. The molecular formula is C23H23ClF2N4O2. The summed E-state index contributed by atoms with van der Waals surface area (Å²) in [5.74, 6) is -0.256. The van der Waals surface area contributed by atoms with Crippen molar-refractivity contribution in [1.29, 1.82) is 0 Å². The average Bonchev–Trinajstić information content (AvgIpc) is 3.13. The summed E-state index contributed by atoms with van der Waals surface area (Å²) >= 11 is 5.80. The van der Waals surface area contributed by atoms with E-state index < -0.39 is 11.9 Å². The van der Waals surface area contributed by atoms with Gasteiger partial charge < -0.3 is 19.9 Å². The molecule has 2 N–H and O–H groups in total. The lowest BCUT2D eigenvalue weighted by Crippen LogP contribution is -2.45. The zero-order valence-corrected chi connectivity index (χ0v) is 18.4. The first-order valence-electron chi connectivity index (χ1n) is 10.3. The fourth-order valence-electron chi connectivity index (χ4n) is 3.64. The van der Waals surface area contributed by atoms with Gasteiger partial charge in [0.25, 0.3) is 5.91 Å². The van der Waals surface area contributed by atoms with Crippen molar-refractivity contribution in [3.63, 3.8) is 0 Å². The molecule has 3 aromatic rings. The van der Waals surface area contributed by atoms with E-state index in [2.05, 4.69) is 5.32 Å². The molecule has 1 atom stereocenters. The zero-order chi connectivity index (χ0) is 23.0. The van der Waals surface area contributed by atoms with Crippen LogP contribution in [0.1, 0.15) is 19.7 Å². The Kier molecular flexibility index (Phi) is 6.17. The number of imidazole rings is 1. The fourth-order valence-corrected chi connectivity index (χ4v) is 3.76. The van der Waals surface area contributed by atoms with Crippen molar-refractivity contribution in [3.8, 4) is 11.3 Å². The molecule has 0 bridgehead atoms. The number of benzene rings is 2. The molecular weight excluding hydrogens is 438 g/mol. The van der Waals surface area contributed by atoms with Crippen LogP contribution in [0.25, 0.3) is 11.3 Å². The largest absolute Gasteiger partial charge is 0.383 e. The van der Waals surface area contributed by atoms with Gasteiger partial charge in [0.15, 0.2) is 0 Å². The van der Waals surface area contributed by atoms with Crippen molar-refractivity contribution in [1.82, 2.24) is 14.5 Å². The second kappa shape index (κ2) is 8.88. The maximum absolute atomic E-state index is 14.0. The SMILES string of the molecule is CC(C)[C@@H](O)C(=O)N1CCn2c(nc(-c3ccc(F)cc3)c2Nc2ccc(Cl)c(F)c2)C1. The van der Waals surface area contributed by atoms with Crippen LogP contribution >= 0.6 is 11.6 Å². The second-order valence-electron chi connectivity index (χ2n) is 8.09. The fraction of sp³-hybridized carbons (Fsp3) is 0.304. The van der Waals surface area contributed by atoms with Crippen molar-refractivity contribution in [2.45, 2.75) is 33.0 Å². The van der Waals surface area contributed by atoms with Gasteiger partial charge in [0, 0.05) is 24.3 Å². The lowest BCUT2D eigenvalue weighted by Gasteiger charge is -2.31. The molecule has 0 radical (unpaired) electrons. The Morgan fingerprint density at radius 3 is 2.53 bits per heavy atom. The molecule has 0 fully saturated rings. The van der Waals surface area contributed by atoms with Gasteiger partial charge in [-0.2, -0.15) is 0 Å². The molecule has 2 heterocycles. The number of aliphatic hydroxyl groups is 1. The lowest BCUT2D eigenvalue weighted by atomic mass is 10.1. The second-order valence-corrected chi connectivity index (χ2v) is 8.49. The highest BCUT2D eigenvalue weighted by atomic mass is 35.5. The van der Waals surface area contributed by atoms with E-state index in [0.717, 1.165) is 0 Å².